The smallest absolute Gasteiger partial charge is 0.323 e. The second-order valence-corrected chi connectivity index (χ2v) is 5.22. The number of nitrogens with zero attached hydrogens (tertiary/aromatic N) is 3. The van der Waals surface area contributed by atoms with Gasteiger partial charge in [-0.3, -0.25) is 4.79 Å². The Bertz CT molecular complexity index is 618. The Morgan fingerprint density at radius 2 is 2.05 bits per heavy atom. The van der Waals surface area contributed by atoms with Gasteiger partial charge in [0.15, 0.2) is 5.82 Å². The van der Waals surface area contributed by atoms with E-state index in [1.165, 1.54) is 0 Å². The molecule has 1 aliphatic rings. The summed E-state index contributed by atoms with van der Waals surface area (Å²) in [5.74, 6) is -0.135. The maximum atomic E-state index is 11.2. The monoisotopic (exact) mass is 271 g/mol. The lowest BCUT2D eigenvalue weighted by molar-refractivity contribution is -0.135. The zero-order valence-electron chi connectivity index (χ0n) is 11.2. The second-order valence-electron chi connectivity index (χ2n) is 5.22. The molecule has 0 unspecified atom stereocenters. The molecule has 1 aliphatic carbocycles. The van der Waals surface area contributed by atoms with Crippen molar-refractivity contribution in [1.29, 1.82) is 0 Å². The third-order valence-electron chi connectivity index (χ3n) is 3.89. The molecule has 1 N–H and O–H groups in total. The molecule has 0 bridgehead atoms. The van der Waals surface area contributed by atoms with Crippen molar-refractivity contribution in [3.63, 3.8) is 0 Å². The van der Waals surface area contributed by atoms with Crippen molar-refractivity contribution >= 4 is 22.6 Å². The predicted octanol–water partition coefficient (Wildman–Crippen LogP) is 2.46. The van der Waals surface area contributed by atoms with Gasteiger partial charge in [0.1, 0.15) is 6.54 Å². The number of fused-ring (bicyclic) bond motifs is 1. The van der Waals surface area contributed by atoms with Gasteiger partial charge in [-0.2, -0.15) is 5.10 Å². The highest BCUT2D eigenvalue weighted by atomic mass is 16.4. The number of hydrogen-bond donors (Lipinski definition) is 1. The zero-order valence-corrected chi connectivity index (χ0v) is 11.2. The summed E-state index contributed by atoms with van der Waals surface area (Å²) in [5, 5.41) is 19.4. The fourth-order valence-electron chi connectivity index (χ4n) is 2.96. The number of aliphatic carboxylic acids is 1. The predicted molar refractivity (Wildman–Crippen MR) is 76.8 cm³/mol. The van der Waals surface area contributed by atoms with E-state index in [2.05, 4.69) is 10.2 Å². The van der Waals surface area contributed by atoms with Crippen molar-refractivity contribution in [3.05, 3.63) is 30.5 Å². The van der Waals surface area contributed by atoms with Crippen LogP contribution in [0.1, 0.15) is 25.7 Å². The molecule has 1 aromatic carbocycles. The lowest BCUT2D eigenvalue weighted by Crippen LogP contribution is -2.38. The van der Waals surface area contributed by atoms with Crippen LogP contribution in [-0.2, 0) is 4.79 Å². The molecule has 0 atom stereocenters. The van der Waals surface area contributed by atoms with Crippen LogP contribution in [0.3, 0.4) is 0 Å². The van der Waals surface area contributed by atoms with Gasteiger partial charge in [0, 0.05) is 16.8 Å². The highest BCUT2D eigenvalue weighted by Crippen LogP contribution is 2.30. The molecule has 0 spiro atoms. The van der Waals surface area contributed by atoms with Crippen molar-refractivity contribution in [1.82, 2.24) is 10.2 Å². The van der Waals surface area contributed by atoms with E-state index in [0.29, 0.717) is 5.82 Å². The van der Waals surface area contributed by atoms with E-state index >= 15 is 0 Å². The third kappa shape index (κ3) is 2.43. The third-order valence-corrected chi connectivity index (χ3v) is 3.89. The number of rotatable bonds is 4. The minimum Gasteiger partial charge on any atom is -0.480 e. The summed E-state index contributed by atoms with van der Waals surface area (Å²) in [7, 11) is 0. The zero-order chi connectivity index (χ0) is 13.9. The normalized spacial score (nSPS) is 15.6. The number of carboxylic acids is 1. The van der Waals surface area contributed by atoms with Crippen molar-refractivity contribution < 1.29 is 9.90 Å². The standard InChI is InChI=1S/C15H17N3O2/c19-14(20)10-18(12-6-2-3-7-12)15-13-8-4-1-5-11(13)9-16-17-15/h1,4-5,8-9,12H,2-3,6-7,10H2,(H,19,20). The molecule has 104 valence electrons. The van der Waals surface area contributed by atoms with E-state index in [9.17, 15) is 9.90 Å². The maximum absolute atomic E-state index is 11.2. The highest BCUT2D eigenvalue weighted by Gasteiger charge is 2.26. The van der Waals surface area contributed by atoms with Gasteiger partial charge in [-0.05, 0) is 12.8 Å². The number of carboxylic acid groups (broad SMARTS) is 1. The van der Waals surface area contributed by atoms with Crippen molar-refractivity contribution in [3.8, 4) is 0 Å². The van der Waals surface area contributed by atoms with Crippen LogP contribution < -0.4 is 4.90 Å². The topological polar surface area (TPSA) is 66.3 Å². The molecule has 0 aliphatic heterocycles. The van der Waals surface area contributed by atoms with Crippen LogP contribution in [0.5, 0.6) is 0 Å². The first kappa shape index (κ1) is 12.8. The van der Waals surface area contributed by atoms with Crippen LogP contribution in [0.15, 0.2) is 30.5 Å². The maximum Gasteiger partial charge on any atom is 0.323 e. The molecule has 1 aromatic heterocycles. The first-order valence-electron chi connectivity index (χ1n) is 6.94. The van der Waals surface area contributed by atoms with Gasteiger partial charge in [-0.15, -0.1) is 5.10 Å². The van der Waals surface area contributed by atoms with Crippen molar-refractivity contribution in [2.24, 2.45) is 0 Å². The molecule has 2 aromatic rings. The largest absolute Gasteiger partial charge is 0.480 e. The highest BCUT2D eigenvalue weighted by molar-refractivity contribution is 5.92. The summed E-state index contributed by atoms with van der Waals surface area (Å²) in [6.45, 7) is -0.0205. The summed E-state index contributed by atoms with van der Waals surface area (Å²) >= 11 is 0. The fourth-order valence-corrected chi connectivity index (χ4v) is 2.96. The van der Waals surface area contributed by atoms with Crippen LogP contribution in [0.2, 0.25) is 0 Å². The number of benzene rings is 1. The summed E-state index contributed by atoms with van der Waals surface area (Å²) in [6, 6.07) is 8.10. The summed E-state index contributed by atoms with van der Waals surface area (Å²) in [6.07, 6.45) is 6.07. The molecule has 3 rings (SSSR count). The van der Waals surface area contributed by atoms with Crippen LogP contribution >= 0.6 is 0 Å². The molecule has 1 saturated carbocycles. The van der Waals surface area contributed by atoms with Gasteiger partial charge in [-0.25, -0.2) is 0 Å². The molecule has 0 radical (unpaired) electrons. The van der Waals surface area contributed by atoms with E-state index in [4.69, 9.17) is 0 Å². The van der Waals surface area contributed by atoms with Crippen LogP contribution in [0.25, 0.3) is 10.8 Å². The minimum absolute atomic E-state index is 0.0205. The van der Waals surface area contributed by atoms with Gasteiger partial charge >= 0.3 is 5.97 Å². The van der Waals surface area contributed by atoms with E-state index in [1.807, 2.05) is 29.2 Å². The summed E-state index contributed by atoms with van der Waals surface area (Å²) in [5.41, 5.74) is 0. The lowest BCUT2D eigenvalue weighted by atomic mass is 10.1. The second kappa shape index (κ2) is 5.45. The average Bonchev–Trinajstić information content (AvgIpc) is 2.98. The number of aromatic nitrogens is 2. The van der Waals surface area contributed by atoms with Crippen molar-refractivity contribution in [2.45, 2.75) is 31.7 Å². The molecular weight excluding hydrogens is 254 g/mol. The molecular formula is C15H17N3O2. The Morgan fingerprint density at radius 1 is 1.30 bits per heavy atom. The van der Waals surface area contributed by atoms with E-state index in [0.717, 1.165) is 36.5 Å². The first-order valence-corrected chi connectivity index (χ1v) is 6.94. The lowest BCUT2D eigenvalue weighted by Gasteiger charge is -2.28. The molecule has 1 heterocycles. The number of hydrogen-bond acceptors (Lipinski definition) is 4. The van der Waals surface area contributed by atoms with Crippen molar-refractivity contribution in [2.75, 3.05) is 11.4 Å². The van der Waals surface area contributed by atoms with Gasteiger partial charge in [0.25, 0.3) is 0 Å². The van der Waals surface area contributed by atoms with Crippen LogP contribution in [0.4, 0.5) is 5.82 Å². The minimum atomic E-state index is -0.827. The molecule has 0 saturated heterocycles. The van der Waals surface area contributed by atoms with Gasteiger partial charge in [-0.1, -0.05) is 37.1 Å². The van der Waals surface area contributed by atoms with E-state index in [-0.39, 0.29) is 12.6 Å². The van der Waals surface area contributed by atoms with Gasteiger partial charge in [0.2, 0.25) is 0 Å². The SMILES string of the molecule is O=C(O)CN(c1nncc2ccccc12)C1CCCC1. The molecule has 5 heteroatoms. The molecule has 5 nitrogen and oxygen atoms in total. The Kier molecular flexibility index (Phi) is 3.50. The fraction of sp³-hybridized carbons (Fsp3) is 0.400. The van der Waals surface area contributed by atoms with Crippen LogP contribution in [-0.4, -0.2) is 33.9 Å². The molecule has 20 heavy (non-hydrogen) atoms. The summed E-state index contributed by atoms with van der Waals surface area (Å²) < 4.78 is 0. The summed E-state index contributed by atoms with van der Waals surface area (Å²) in [4.78, 5) is 13.1. The average molecular weight is 271 g/mol. The Hall–Kier alpha value is -2.17. The Balaban J connectivity index is 2.05. The number of carbonyl (C=O) groups is 1. The Labute approximate surface area is 117 Å². The van der Waals surface area contributed by atoms with Gasteiger partial charge < -0.3 is 10.0 Å². The molecule has 0 amide bonds. The van der Waals surface area contributed by atoms with E-state index < -0.39 is 5.97 Å². The number of anilines is 1. The first-order chi connectivity index (χ1) is 9.75. The molecule has 1 fully saturated rings. The van der Waals surface area contributed by atoms with E-state index in [1.54, 1.807) is 6.20 Å². The van der Waals surface area contributed by atoms with Crippen LogP contribution in [0, 0.1) is 0 Å². The van der Waals surface area contributed by atoms with Gasteiger partial charge in [0.05, 0.1) is 6.20 Å². The Morgan fingerprint density at radius 3 is 2.80 bits per heavy atom. The quantitative estimate of drug-likeness (QED) is 0.925.